The van der Waals surface area contributed by atoms with Crippen LogP contribution in [0.2, 0.25) is 0 Å². The summed E-state index contributed by atoms with van der Waals surface area (Å²) in [5, 5.41) is 3.25. The Morgan fingerprint density at radius 3 is 3.05 bits per heavy atom. The first-order chi connectivity index (χ1) is 9.67. The Kier molecular flexibility index (Phi) is 6.26. The van der Waals surface area contributed by atoms with E-state index in [1.54, 1.807) is 6.07 Å². The molecule has 0 aromatic heterocycles. The smallest absolute Gasteiger partial charge is 0.128 e. The van der Waals surface area contributed by atoms with E-state index in [0.717, 1.165) is 32.1 Å². The van der Waals surface area contributed by atoms with E-state index in [0.29, 0.717) is 16.8 Å². The van der Waals surface area contributed by atoms with E-state index in [1.807, 2.05) is 7.05 Å². The Morgan fingerprint density at radius 1 is 1.45 bits per heavy atom. The molecule has 1 unspecified atom stereocenters. The molecule has 1 N–H and O–H groups in total. The minimum absolute atomic E-state index is 0.276. The van der Waals surface area contributed by atoms with Crippen molar-refractivity contribution in [3.8, 4) is 5.75 Å². The molecule has 0 saturated carbocycles. The maximum atomic E-state index is 13.2. The highest BCUT2D eigenvalue weighted by atomic mass is 79.9. The lowest BCUT2D eigenvalue weighted by molar-refractivity contribution is 0.146. The van der Waals surface area contributed by atoms with Gasteiger partial charge in [-0.05, 0) is 51.0 Å². The third-order valence-electron chi connectivity index (χ3n) is 3.61. The van der Waals surface area contributed by atoms with Crippen LogP contribution in [0.5, 0.6) is 5.75 Å². The van der Waals surface area contributed by atoms with Crippen molar-refractivity contribution in [3.63, 3.8) is 0 Å². The van der Waals surface area contributed by atoms with Crippen molar-refractivity contribution >= 4 is 15.9 Å². The molecule has 0 amide bonds. The van der Waals surface area contributed by atoms with Crippen LogP contribution in [0.25, 0.3) is 0 Å². The molecule has 2 rings (SSSR count). The second-order valence-corrected chi connectivity index (χ2v) is 6.24. The molecule has 3 nitrogen and oxygen atoms in total. The second kappa shape index (κ2) is 7.96. The molecule has 1 atom stereocenters. The monoisotopic (exact) mass is 344 g/mol. The van der Waals surface area contributed by atoms with E-state index in [4.69, 9.17) is 4.74 Å². The molecular weight excluding hydrogens is 323 g/mol. The summed E-state index contributed by atoms with van der Waals surface area (Å²) in [6, 6.07) is 4.65. The van der Waals surface area contributed by atoms with Gasteiger partial charge in [-0.3, -0.25) is 4.90 Å². The van der Waals surface area contributed by atoms with Gasteiger partial charge in [-0.1, -0.05) is 15.9 Å². The third kappa shape index (κ3) is 5.04. The molecule has 0 bridgehead atoms. The topological polar surface area (TPSA) is 24.5 Å². The van der Waals surface area contributed by atoms with Crippen molar-refractivity contribution in [1.29, 1.82) is 0 Å². The fourth-order valence-corrected chi connectivity index (χ4v) is 3.16. The Balaban J connectivity index is 1.75. The first-order valence-corrected chi connectivity index (χ1v) is 7.92. The zero-order valence-corrected chi connectivity index (χ0v) is 13.5. The fourth-order valence-electron chi connectivity index (χ4n) is 2.71. The minimum Gasteiger partial charge on any atom is -0.492 e. The van der Waals surface area contributed by atoms with Crippen LogP contribution in [0.3, 0.4) is 0 Å². The second-order valence-electron chi connectivity index (χ2n) is 5.32. The maximum Gasteiger partial charge on any atom is 0.128 e. The van der Waals surface area contributed by atoms with Crippen molar-refractivity contribution in [3.05, 3.63) is 28.5 Å². The van der Waals surface area contributed by atoms with E-state index in [9.17, 15) is 4.39 Å². The zero-order valence-electron chi connectivity index (χ0n) is 11.9. The molecular formula is C15H22BrFN2O. The summed E-state index contributed by atoms with van der Waals surface area (Å²) in [5.41, 5.74) is 0. The predicted molar refractivity (Wildman–Crippen MR) is 82.7 cm³/mol. The Labute approximate surface area is 128 Å². The molecule has 5 heteroatoms. The van der Waals surface area contributed by atoms with Gasteiger partial charge < -0.3 is 10.1 Å². The number of piperidine rings is 1. The van der Waals surface area contributed by atoms with Gasteiger partial charge >= 0.3 is 0 Å². The van der Waals surface area contributed by atoms with Crippen LogP contribution < -0.4 is 10.1 Å². The van der Waals surface area contributed by atoms with Crippen LogP contribution in [-0.2, 0) is 0 Å². The highest BCUT2D eigenvalue weighted by Crippen LogP contribution is 2.21. The van der Waals surface area contributed by atoms with E-state index >= 15 is 0 Å². The standard InChI is InChI=1S/C15H22BrFN2O/c1-18-10-12-3-2-4-19(11-12)5-6-20-15-8-13(16)7-14(17)9-15/h7-9,12,18H,2-6,10-11H2,1H3. The number of benzene rings is 1. The fraction of sp³-hybridized carbons (Fsp3) is 0.600. The molecule has 1 aliphatic rings. The lowest BCUT2D eigenvalue weighted by atomic mass is 9.98. The summed E-state index contributed by atoms with van der Waals surface area (Å²) in [4.78, 5) is 2.43. The van der Waals surface area contributed by atoms with E-state index in [-0.39, 0.29) is 5.82 Å². The number of nitrogens with zero attached hydrogens (tertiary/aromatic N) is 1. The van der Waals surface area contributed by atoms with Gasteiger partial charge in [-0.2, -0.15) is 0 Å². The molecule has 20 heavy (non-hydrogen) atoms. The lowest BCUT2D eigenvalue weighted by Gasteiger charge is -2.32. The summed E-state index contributed by atoms with van der Waals surface area (Å²) in [6.45, 7) is 4.83. The molecule has 1 fully saturated rings. The number of rotatable bonds is 6. The van der Waals surface area contributed by atoms with Crippen molar-refractivity contribution in [2.75, 3.05) is 39.8 Å². The van der Waals surface area contributed by atoms with Crippen molar-refractivity contribution < 1.29 is 9.13 Å². The number of hydrogen-bond acceptors (Lipinski definition) is 3. The molecule has 0 aliphatic carbocycles. The lowest BCUT2D eigenvalue weighted by Crippen LogP contribution is -2.40. The molecule has 112 valence electrons. The largest absolute Gasteiger partial charge is 0.492 e. The average Bonchev–Trinajstić information content (AvgIpc) is 2.38. The van der Waals surface area contributed by atoms with Gasteiger partial charge in [0.15, 0.2) is 0 Å². The quantitative estimate of drug-likeness (QED) is 0.858. The Bertz CT molecular complexity index is 408. The van der Waals surface area contributed by atoms with Gasteiger partial charge in [0, 0.05) is 23.6 Å². The summed E-state index contributed by atoms with van der Waals surface area (Å²) < 4.78 is 19.6. The molecule has 1 aliphatic heterocycles. The molecule has 0 spiro atoms. The van der Waals surface area contributed by atoms with Crippen LogP contribution in [0.4, 0.5) is 4.39 Å². The maximum absolute atomic E-state index is 13.2. The SMILES string of the molecule is CNCC1CCCN(CCOc2cc(F)cc(Br)c2)C1. The van der Waals surface area contributed by atoms with Gasteiger partial charge in [-0.25, -0.2) is 4.39 Å². The summed E-state index contributed by atoms with van der Waals surface area (Å²) in [5.74, 6) is 1.04. The predicted octanol–water partition coefficient (Wildman–Crippen LogP) is 2.90. The van der Waals surface area contributed by atoms with Crippen molar-refractivity contribution in [1.82, 2.24) is 10.2 Å². The van der Waals surface area contributed by atoms with Gasteiger partial charge in [0.05, 0.1) is 0 Å². The first kappa shape index (κ1) is 15.7. The number of likely N-dealkylation sites (tertiary alicyclic amines) is 1. The van der Waals surface area contributed by atoms with Crippen LogP contribution in [0.1, 0.15) is 12.8 Å². The van der Waals surface area contributed by atoms with Gasteiger partial charge in [0.2, 0.25) is 0 Å². The van der Waals surface area contributed by atoms with Crippen molar-refractivity contribution in [2.45, 2.75) is 12.8 Å². The van der Waals surface area contributed by atoms with Gasteiger partial charge in [0.25, 0.3) is 0 Å². The summed E-state index contributed by atoms with van der Waals surface area (Å²) in [6.07, 6.45) is 2.55. The van der Waals surface area contributed by atoms with E-state index in [1.165, 1.54) is 25.0 Å². The molecule has 1 aromatic rings. The number of ether oxygens (including phenoxy) is 1. The minimum atomic E-state index is -0.276. The summed E-state index contributed by atoms with van der Waals surface area (Å²) in [7, 11) is 2.00. The van der Waals surface area contributed by atoms with Crippen LogP contribution in [0, 0.1) is 11.7 Å². The van der Waals surface area contributed by atoms with Crippen LogP contribution in [0.15, 0.2) is 22.7 Å². The highest BCUT2D eigenvalue weighted by Gasteiger charge is 2.18. The zero-order chi connectivity index (χ0) is 14.4. The number of halogens is 2. The number of hydrogen-bond donors (Lipinski definition) is 1. The third-order valence-corrected chi connectivity index (χ3v) is 4.07. The molecule has 1 heterocycles. The first-order valence-electron chi connectivity index (χ1n) is 7.13. The molecule has 1 saturated heterocycles. The van der Waals surface area contributed by atoms with Gasteiger partial charge in [-0.15, -0.1) is 0 Å². The highest BCUT2D eigenvalue weighted by molar-refractivity contribution is 9.10. The van der Waals surface area contributed by atoms with Crippen LogP contribution >= 0.6 is 15.9 Å². The van der Waals surface area contributed by atoms with E-state index in [2.05, 4.69) is 26.1 Å². The summed E-state index contributed by atoms with van der Waals surface area (Å²) >= 11 is 3.27. The van der Waals surface area contributed by atoms with Crippen LogP contribution in [-0.4, -0.2) is 44.7 Å². The Morgan fingerprint density at radius 2 is 2.30 bits per heavy atom. The molecule has 0 radical (unpaired) electrons. The Hall–Kier alpha value is -0.650. The molecule has 1 aromatic carbocycles. The number of nitrogens with one attached hydrogen (secondary N) is 1. The van der Waals surface area contributed by atoms with Gasteiger partial charge in [0.1, 0.15) is 18.2 Å². The van der Waals surface area contributed by atoms with Crippen molar-refractivity contribution in [2.24, 2.45) is 5.92 Å². The normalized spacial score (nSPS) is 20.1. The average molecular weight is 345 g/mol. The van der Waals surface area contributed by atoms with E-state index < -0.39 is 0 Å².